The highest BCUT2D eigenvalue weighted by molar-refractivity contribution is 7.09. The molecule has 1 unspecified atom stereocenters. The number of rotatable bonds is 8. The summed E-state index contributed by atoms with van der Waals surface area (Å²) in [5.74, 6) is 0.954. The Morgan fingerprint density at radius 3 is 2.75 bits per heavy atom. The van der Waals surface area contributed by atoms with Crippen molar-refractivity contribution in [3.8, 4) is 5.75 Å². The number of unbranched alkanes of at least 4 members (excludes halogenated alkanes) is 1. The van der Waals surface area contributed by atoms with Crippen molar-refractivity contribution in [2.75, 3.05) is 6.61 Å². The lowest BCUT2D eigenvalue weighted by Gasteiger charge is -2.11. The van der Waals surface area contributed by atoms with Gasteiger partial charge < -0.3 is 10.1 Å². The fourth-order valence-corrected chi connectivity index (χ4v) is 2.51. The van der Waals surface area contributed by atoms with Gasteiger partial charge in [-0.1, -0.05) is 25.5 Å². The summed E-state index contributed by atoms with van der Waals surface area (Å²) in [6, 6.07) is 8.60. The summed E-state index contributed by atoms with van der Waals surface area (Å²) in [5.41, 5.74) is 1.26. The van der Waals surface area contributed by atoms with E-state index in [0.29, 0.717) is 0 Å². The second-order valence-corrected chi connectivity index (χ2v) is 5.75. The molecule has 20 heavy (non-hydrogen) atoms. The second kappa shape index (κ2) is 8.02. The van der Waals surface area contributed by atoms with Crippen molar-refractivity contribution in [1.82, 2.24) is 10.3 Å². The van der Waals surface area contributed by atoms with Crippen molar-refractivity contribution in [2.24, 2.45) is 0 Å². The standard InChI is InChI=1S/C16H22N2OS/c1-3-4-10-19-15-7-5-14(6-8-15)12-18-13(2)16-17-9-11-20-16/h5-9,11,13,18H,3-4,10,12H2,1-2H3. The maximum Gasteiger partial charge on any atom is 0.119 e. The van der Waals surface area contributed by atoms with E-state index < -0.39 is 0 Å². The predicted molar refractivity (Wildman–Crippen MR) is 84.2 cm³/mol. The van der Waals surface area contributed by atoms with Gasteiger partial charge in [-0.15, -0.1) is 11.3 Å². The lowest BCUT2D eigenvalue weighted by Crippen LogP contribution is -2.17. The average molecular weight is 290 g/mol. The van der Waals surface area contributed by atoms with Gasteiger partial charge in [0.15, 0.2) is 0 Å². The Morgan fingerprint density at radius 1 is 1.30 bits per heavy atom. The molecule has 0 aliphatic heterocycles. The highest BCUT2D eigenvalue weighted by Crippen LogP contribution is 2.17. The number of nitrogens with zero attached hydrogens (tertiary/aromatic N) is 1. The molecule has 0 fully saturated rings. The zero-order valence-electron chi connectivity index (χ0n) is 12.1. The molecule has 0 amide bonds. The molecule has 1 aromatic heterocycles. The smallest absolute Gasteiger partial charge is 0.119 e. The molecule has 108 valence electrons. The van der Waals surface area contributed by atoms with Gasteiger partial charge in [0, 0.05) is 18.1 Å². The third-order valence-electron chi connectivity index (χ3n) is 3.12. The van der Waals surface area contributed by atoms with Gasteiger partial charge >= 0.3 is 0 Å². The van der Waals surface area contributed by atoms with Crippen LogP contribution in [0, 0.1) is 0 Å². The first-order valence-corrected chi connectivity index (χ1v) is 8.02. The zero-order valence-corrected chi connectivity index (χ0v) is 13.0. The monoisotopic (exact) mass is 290 g/mol. The minimum absolute atomic E-state index is 0.287. The Balaban J connectivity index is 1.78. The van der Waals surface area contributed by atoms with E-state index in [1.165, 1.54) is 5.56 Å². The second-order valence-electron chi connectivity index (χ2n) is 4.82. The fourth-order valence-electron chi connectivity index (χ4n) is 1.84. The van der Waals surface area contributed by atoms with Crippen LogP contribution in [0.5, 0.6) is 5.75 Å². The molecule has 1 heterocycles. The van der Waals surface area contributed by atoms with E-state index in [1.807, 2.05) is 23.7 Å². The topological polar surface area (TPSA) is 34.1 Å². The van der Waals surface area contributed by atoms with Crippen molar-refractivity contribution >= 4 is 11.3 Å². The summed E-state index contributed by atoms with van der Waals surface area (Å²) >= 11 is 1.69. The number of benzene rings is 1. The number of nitrogens with one attached hydrogen (secondary N) is 1. The first kappa shape index (κ1) is 15.0. The molecule has 0 saturated carbocycles. The summed E-state index contributed by atoms with van der Waals surface area (Å²) in [6.07, 6.45) is 4.12. The molecule has 0 bridgehead atoms. The predicted octanol–water partition coefficient (Wildman–Crippen LogP) is 4.17. The zero-order chi connectivity index (χ0) is 14.2. The molecule has 3 nitrogen and oxygen atoms in total. The minimum atomic E-state index is 0.287. The summed E-state index contributed by atoms with van der Waals surface area (Å²) < 4.78 is 5.66. The molecule has 4 heteroatoms. The number of ether oxygens (including phenoxy) is 1. The summed E-state index contributed by atoms with van der Waals surface area (Å²) in [7, 11) is 0. The van der Waals surface area contributed by atoms with E-state index in [0.717, 1.165) is 36.8 Å². The molecule has 0 radical (unpaired) electrons. The van der Waals surface area contributed by atoms with Crippen LogP contribution in [-0.4, -0.2) is 11.6 Å². The number of thiazole rings is 1. The molecule has 0 spiro atoms. The molecule has 2 aromatic rings. The van der Waals surface area contributed by atoms with Crippen LogP contribution in [0.25, 0.3) is 0 Å². The van der Waals surface area contributed by atoms with Gasteiger partial charge in [0.05, 0.1) is 12.6 Å². The van der Waals surface area contributed by atoms with Gasteiger partial charge in [-0.2, -0.15) is 0 Å². The lowest BCUT2D eigenvalue weighted by molar-refractivity contribution is 0.309. The summed E-state index contributed by atoms with van der Waals surface area (Å²) in [5, 5.41) is 6.62. The Hall–Kier alpha value is -1.39. The first-order valence-electron chi connectivity index (χ1n) is 7.14. The first-order chi connectivity index (χ1) is 9.79. The maximum absolute atomic E-state index is 5.66. The largest absolute Gasteiger partial charge is 0.494 e. The van der Waals surface area contributed by atoms with E-state index in [1.54, 1.807) is 11.3 Å². The molecule has 1 N–H and O–H groups in total. The van der Waals surface area contributed by atoms with Crippen molar-refractivity contribution in [2.45, 2.75) is 39.3 Å². The Labute approximate surface area is 125 Å². The molecule has 1 atom stereocenters. The van der Waals surface area contributed by atoms with E-state index in [4.69, 9.17) is 4.74 Å². The minimum Gasteiger partial charge on any atom is -0.494 e. The highest BCUT2D eigenvalue weighted by Gasteiger charge is 2.06. The van der Waals surface area contributed by atoms with Gasteiger partial charge in [0.1, 0.15) is 10.8 Å². The van der Waals surface area contributed by atoms with E-state index in [-0.39, 0.29) is 6.04 Å². The van der Waals surface area contributed by atoms with Crippen LogP contribution in [0.15, 0.2) is 35.8 Å². The lowest BCUT2D eigenvalue weighted by atomic mass is 10.2. The van der Waals surface area contributed by atoms with Crippen LogP contribution in [0.2, 0.25) is 0 Å². The Bertz CT molecular complexity index is 482. The van der Waals surface area contributed by atoms with E-state index in [2.05, 4.69) is 36.3 Å². The van der Waals surface area contributed by atoms with Crippen LogP contribution in [-0.2, 0) is 6.54 Å². The number of aromatic nitrogens is 1. The molecule has 0 aliphatic rings. The normalized spacial score (nSPS) is 12.3. The summed E-state index contributed by atoms with van der Waals surface area (Å²) in [6.45, 7) is 5.95. The quantitative estimate of drug-likeness (QED) is 0.741. The Morgan fingerprint density at radius 2 is 2.10 bits per heavy atom. The van der Waals surface area contributed by atoms with Gasteiger partial charge in [-0.3, -0.25) is 0 Å². The average Bonchev–Trinajstić information content (AvgIpc) is 3.01. The summed E-state index contributed by atoms with van der Waals surface area (Å²) in [4.78, 5) is 4.32. The van der Waals surface area contributed by atoms with Crippen LogP contribution < -0.4 is 10.1 Å². The van der Waals surface area contributed by atoms with Crippen molar-refractivity contribution in [3.05, 3.63) is 46.4 Å². The van der Waals surface area contributed by atoms with E-state index in [9.17, 15) is 0 Å². The van der Waals surface area contributed by atoms with Gasteiger partial charge in [-0.25, -0.2) is 4.98 Å². The molecule has 1 aromatic carbocycles. The molecular weight excluding hydrogens is 268 g/mol. The number of hydrogen-bond acceptors (Lipinski definition) is 4. The SMILES string of the molecule is CCCCOc1ccc(CNC(C)c2nccs2)cc1. The van der Waals surface area contributed by atoms with Crippen LogP contribution >= 0.6 is 11.3 Å². The Kier molecular flexibility index (Phi) is 6.02. The molecule has 0 saturated heterocycles. The third-order valence-corrected chi connectivity index (χ3v) is 4.08. The third kappa shape index (κ3) is 4.62. The number of hydrogen-bond donors (Lipinski definition) is 1. The van der Waals surface area contributed by atoms with Crippen molar-refractivity contribution in [1.29, 1.82) is 0 Å². The van der Waals surface area contributed by atoms with Gasteiger partial charge in [-0.05, 0) is 31.0 Å². The van der Waals surface area contributed by atoms with Crippen LogP contribution in [0.4, 0.5) is 0 Å². The molecule has 0 aliphatic carbocycles. The van der Waals surface area contributed by atoms with Gasteiger partial charge in [0.2, 0.25) is 0 Å². The van der Waals surface area contributed by atoms with Crippen LogP contribution in [0.3, 0.4) is 0 Å². The van der Waals surface area contributed by atoms with Crippen molar-refractivity contribution in [3.63, 3.8) is 0 Å². The fraction of sp³-hybridized carbons (Fsp3) is 0.438. The highest BCUT2D eigenvalue weighted by atomic mass is 32.1. The van der Waals surface area contributed by atoms with Crippen LogP contribution in [0.1, 0.15) is 43.3 Å². The van der Waals surface area contributed by atoms with E-state index >= 15 is 0 Å². The van der Waals surface area contributed by atoms with Crippen molar-refractivity contribution < 1.29 is 4.74 Å². The van der Waals surface area contributed by atoms with Gasteiger partial charge in [0.25, 0.3) is 0 Å². The maximum atomic E-state index is 5.66. The molecular formula is C16H22N2OS. The molecule has 2 rings (SSSR count).